The number of fused-ring (bicyclic) bond motifs is 1. The van der Waals surface area contributed by atoms with Crippen LogP contribution in [0.4, 0.5) is 10.8 Å². The molecule has 5 nitrogen and oxygen atoms in total. The number of hydrogen-bond donors (Lipinski definition) is 1. The molecule has 0 aliphatic carbocycles. The molecule has 0 bridgehead atoms. The van der Waals surface area contributed by atoms with Crippen molar-refractivity contribution >= 4 is 32.4 Å². The van der Waals surface area contributed by atoms with Crippen molar-refractivity contribution in [3.63, 3.8) is 0 Å². The second-order valence-electron chi connectivity index (χ2n) is 5.63. The van der Waals surface area contributed by atoms with Crippen molar-refractivity contribution in [1.29, 1.82) is 0 Å². The molecule has 0 saturated heterocycles. The van der Waals surface area contributed by atoms with Crippen LogP contribution in [0, 0.1) is 0 Å². The lowest BCUT2D eigenvalue weighted by Gasteiger charge is -2.08. The summed E-state index contributed by atoms with van der Waals surface area (Å²) >= 11 is 1.62. The zero-order chi connectivity index (χ0) is 17.9. The third-order valence-electron chi connectivity index (χ3n) is 3.98. The number of aromatic nitrogens is 2. The van der Waals surface area contributed by atoms with E-state index in [0.29, 0.717) is 11.6 Å². The average molecular weight is 363 g/mol. The van der Waals surface area contributed by atoms with Gasteiger partial charge in [0.2, 0.25) is 0 Å². The van der Waals surface area contributed by atoms with Gasteiger partial charge in [-0.1, -0.05) is 35.6 Å². The maximum atomic E-state index is 5.35. The Balaban J connectivity index is 1.67. The highest BCUT2D eigenvalue weighted by atomic mass is 32.1. The van der Waals surface area contributed by atoms with E-state index in [2.05, 4.69) is 21.4 Å². The second kappa shape index (κ2) is 7.01. The van der Waals surface area contributed by atoms with Crippen molar-refractivity contribution in [3.05, 3.63) is 60.8 Å². The SMILES string of the molecule is COc1cc(-c2ccc3nc(Nc4ccccc4)sc3c2)cnc1OC. The van der Waals surface area contributed by atoms with Gasteiger partial charge in [0, 0.05) is 17.4 Å². The van der Waals surface area contributed by atoms with Gasteiger partial charge in [0.15, 0.2) is 10.9 Å². The monoisotopic (exact) mass is 363 g/mol. The van der Waals surface area contributed by atoms with Crippen molar-refractivity contribution in [2.24, 2.45) is 0 Å². The first-order valence-electron chi connectivity index (χ1n) is 8.08. The molecule has 0 atom stereocenters. The third-order valence-corrected chi connectivity index (χ3v) is 4.91. The molecule has 0 unspecified atom stereocenters. The molecule has 4 rings (SSSR count). The van der Waals surface area contributed by atoms with Crippen LogP contribution in [0.15, 0.2) is 60.8 Å². The number of methoxy groups -OCH3 is 2. The summed E-state index contributed by atoms with van der Waals surface area (Å²) in [6.45, 7) is 0. The number of pyridine rings is 1. The fourth-order valence-electron chi connectivity index (χ4n) is 2.69. The number of hydrogen-bond acceptors (Lipinski definition) is 6. The Hall–Kier alpha value is -3.12. The summed E-state index contributed by atoms with van der Waals surface area (Å²) in [7, 11) is 3.19. The predicted molar refractivity (Wildman–Crippen MR) is 106 cm³/mol. The molecule has 0 radical (unpaired) electrons. The topological polar surface area (TPSA) is 56.3 Å². The molecule has 0 spiro atoms. The zero-order valence-corrected chi connectivity index (χ0v) is 15.2. The highest BCUT2D eigenvalue weighted by Gasteiger charge is 2.10. The Morgan fingerprint density at radius 2 is 1.77 bits per heavy atom. The lowest BCUT2D eigenvalue weighted by atomic mass is 10.1. The molecule has 0 aliphatic rings. The lowest BCUT2D eigenvalue weighted by molar-refractivity contribution is 0.343. The van der Waals surface area contributed by atoms with E-state index in [-0.39, 0.29) is 0 Å². The summed E-state index contributed by atoms with van der Waals surface area (Å²) in [5.41, 5.74) is 4.01. The standard InChI is InChI=1S/C20H17N3O2S/c1-24-17-10-14(12-21-19(17)25-2)13-8-9-16-18(11-13)26-20(23-16)22-15-6-4-3-5-7-15/h3-12H,1-2H3,(H,22,23). The zero-order valence-electron chi connectivity index (χ0n) is 14.4. The van der Waals surface area contributed by atoms with Crippen LogP contribution < -0.4 is 14.8 Å². The van der Waals surface area contributed by atoms with Gasteiger partial charge in [0.05, 0.1) is 24.4 Å². The number of nitrogens with zero attached hydrogens (tertiary/aromatic N) is 2. The van der Waals surface area contributed by atoms with Crippen LogP contribution in [-0.2, 0) is 0 Å². The van der Waals surface area contributed by atoms with Gasteiger partial charge < -0.3 is 14.8 Å². The van der Waals surface area contributed by atoms with Gasteiger partial charge in [-0.05, 0) is 35.9 Å². The van der Waals surface area contributed by atoms with Crippen molar-refractivity contribution < 1.29 is 9.47 Å². The van der Waals surface area contributed by atoms with Crippen molar-refractivity contribution in [2.75, 3.05) is 19.5 Å². The summed E-state index contributed by atoms with van der Waals surface area (Å²) in [5.74, 6) is 1.09. The van der Waals surface area contributed by atoms with E-state index in [1.165, 1.54) is 0 Å². The quantitative estimate of drug-likeness (QED) is 0.533. The summed E-state index contributed by atoms with van der Waals surface area (Å²) in [6, 6.07) is 18.1. The van der Waals surface area contributed by atoms with E-state index in [9.17, 15) is 0 Å². The average Bonchev–Trinajstić information content (AvgIpc) is 3.09. The molecule has 26 heavy (non-hydrogen) atoms. The van der Waals surface area contributed by atoms with Crippen molar-refractivity contribution in [2.45, 2.75) is 0 Å². The molecule has 0 saturated carbocycles. The van der Waals surface area contributed by atoms with E-state index < -0.39 is 0 Å². The Kier molecular flexibility index (Phi) is 4.41. The molecule has 0 aliphatic heterocycles. The molecule has 0 fully saturated rings. The van der Waals surface area contributed by atoms with Crippen LogP contribution in [0.5, 0.6) is 11.6 Å². The summed E-state index contributed by atoms with van der Waals surface area (Å²) < 4.78 is 11.7. The molecule has 2 aromatic heterocycles. The minimum atomic E-state index is 0.476. The first-order valence-corrected chi connectivity index (χ1v) is 8.89. The minimum Gasteiger partial charge on any atom is -0.491 e. The molecular weight excluding hydrogens is 346 g/mol. The van der Waals surface area contributed by atoms with Gasteiger partial charge in [0.1, 0.15) is 0 Å². The summed E-state index contributed by atoms with van der Waals surface area (Å²) in [5, 5.41) is 4.21. The van der Waals surface area contributed by atoms with E-state index in [1.54, 1.807) is 31.8 Å². The number of rotatable bonds is 5. The fourth-order valence-corrected chi connectivity index (χ4v) is 3.62. The third kappa shape index (κ3) is 3.19. The second-order valence-corrected chi connectivity index (χ2v) is 6.66. The van der Waals surface area contributed by atoms with E-state index in [0.717, 1.165) is 32.2 Å². The van der Waals surface area contributed by atoms with Gasteiger partial charge in [-0.25, -0.2) is 9.97 Å². The summed E-state index contributed by atoms with van der Waals surface area (Å²) in [4.78, 5) is 8.96. The van der Waals surface area contributed by atoms with E-state index in [4.69, 9.17) is 9.47 Å². The number of benzene rings is 2. The molecule has 0 amide bonds. The molecule has 2 heterocycles. The Bertz CT molecular complexity index is 1050. The smallest absolute Gasteiger partial charge is 0.256 e. The van der Waals surface area contributed by atoms with Gasteiger partial charge in [-0.3, -0.25) is 0 Å². The number of para-hydroxylation sites is 1. The molecule has 6 heteroatoms. The van der Waals surface area contributed by atoms with Crippen LogP contribution in [0.2, 0.25) is 0 Å². The highest BCUT2D eigenvalue weighted by Crippen LogP contribution is 2.34. The van der Waals surface area contributed by atoms with Crippen molar-refractivity contribution in [3.8, 4) is 22.8 Å². The van der Waals surface area contributed by atoms with Crippen LogP contribution in [-0.4, -0.2) is 24.2 Å². The van der Waals surface area contributed by atoms with Crippen LogP contribution >= 0.6 is 11.3 Å². The van der Waals surface area contributed by atoms with Gasteiger partial charge >= 0.3 is 0 Å². The largest absolute Gasteiger partial charge is 0.491 e. The Morgan fingerprint density at radius 1 is 0.923 bits per heavy atom. The number of nitrogens with one attached hydrogen (secondary N) is 1. The highest BCUT2D eigenvalue weighted by molar-refractivity contribution is 7.22. The van der Waals surface area contributed by atoms with Gasteiger partial charge in [0.25, 0.3) is 5.88 Å². The number of anilines is 2. The maximum Gasteiger partial charge on any atom is 0.256 e. The molecular formula is C20H17N3O2S. The lowest BCUT2D eigenvalue weighted by Crippen LogP contribution is -1.93. The molecule has 2 aromatic carbocycles. The van der Waals surface area contributed by atoms with Crippen LogP contribution in [0.25, 0.3) is 21.3 Å². The van der Waals surface area contributed by atoms with Gasteiger partial charge in [-0.15, -0.1) is 0 Å². The minimum absolute atomic E-state index is 0.476. The molecule has 130 valence electrons. The maximum absolute atomic E-state index is 5.35. The molecule has 4 aromatic rings. The Morgan fingerprint density at radius 3 is 2.54 bits per heavy atom. The summed E-state index contributed by atoms with van der Waals surface area (Å²) in [6.07, 6.45) is 1.78. The van der Waals surface area contributed by atoms with Crippen LogP contribution in [0.1, 0.15) is 0 Å². The first-order chi connectivity index (χ1) is 12.8. The Labute approximate surface area is 155 Å². The normalized spacial score (nSPS) is 10.7. The van der Waals surface area contributed by atoms with E-state index >= 15 is 0 Å². The predicted octanol–water partition coefficient (Wildman–Crippen LogP) is 5.12. The van der Waals surface area contributed by atoms with Gasteiger partial charge in [-0.2, -0.15) is 0 Å². The van der Waals surface area contributed by atoms with E-state index in [1.807, 2.05) is 48.5 Å². The fraction of sp³-hybridized carbons (Fsp3) is 0.100. The molecule has 1 N–H and O–H groups in total. The first kappa shape index (κ1) is 16.4. The number of thiazole rings is 1. The van der Waals surface area contributed by atoms with Crippen LogP contribution in [0.3, 0.4) is 0 Å². The van der Waals surface area contributed by atoms with Crippen molar-refractivity contribution in [1.82, 2.24) is 9.97 Å². The number of ether oxygens (including phenoxy) is 2.